The van der Waals surface area contributed by atoms with Crippen LogP contribution in [-0.4, -0.2) is 16.6 Å². The van der Waals surface area contributed by atoms with Crippen LogP contribution in [0.2, 0.25) is 0 Å². The van der Waals surface area contributed by atoms with Crippen molar-refractivity contribution in [2.45, 2.75) is 0 Å². The number of hydrogen-bond donors (Lipinski definition) is 1. The molecule has 0 bridgehead atoms. The molecule has 4 heteroatoms. The van der Waals surface area contributed by atoms with Crippen molar-refractivity contribution in [1.82, 2.24) is 4.98 Å². The van der Waals surface area contributed by atoms with Crippen LogP contribution in [0.25, 0.3) is 0 Å². The van der Waals surface area contributed by atoms with Gasteiger partial charge < -0.3 is 5.32 Å². The number of anilines is 1. The van der Waals surface area contributed by atoms with Gasteiger partial charge in [0, 0.05) is 29.0 Å². The van der Waals surface area contributed by atoms with Gasteiger partial charge in [-0.25, -0.2) is 4.98 Å². The van der Waals surface area contributed by atoms with Gasteiger partial charge in [-0.1, -0.05) is 48.4 Å². The zero-order valence-electron chi connectivity index (χ0n) is 14.3. The molecule has 0 spiro atoms. The molecule has 0 saturated carbocycles. The van der Waals surface area contributed by atoms with Crippen LogP contribution >= 0.6 is 0 Å². The summed E-state index contributed by atoms with van der Waals surface area (Å²) in [6.07, 6.45) is 3.02. The van der Waals surface area contributed by atoms with Gasteiger partial charge in [-0.2, -0.15) is 0 Å². The smallest absolute Gasteiger partial charge is 0.210 e. The zero-order chi connectivity index (χ0) is 18.6. The van der Waals surface area contributed by atoms with Gasteiger partial charge in [-0.3, -0.25) is 9.59 Å². The van der Waals surface area contributed by atoms with Gasteiger partial charge in [0.2, 0.25) is 5.78 Å². The average Bonchev–Trinajstić information content (AvgIpc) is 2.72. The van der Waals surface area contributed by atoms with Gasteiger partial charge in [-0.05, 0) is 30.2 Å². The molecule has 3 aromatic rings. The normalized spacial score (nSPS) is 12.5. The van der Waals surface area contributed by atoms with Gasteiger partial charge in [0.1, 0.15) is 5.69 Å². The molecule has 2 aromatic carbocycles. The van der Waals surface area contributed by atoms with Gasteiger partial charge in [0.25, 0.3) is 0 Å². The number of Topliss-reactive ketones (excluding diaryl/α,β-unsaturated/α-hetero) is 1. The molecule has 4 rings (SSSR count). The second-order valence-corrected chi connectivity index (χ2v) is 5.93. The van der Waals surface area contributed by atoms with E-state index in [1.54, 1.807) is 30.5 Å². The van der Waals surface area contributed by atoms with Crippen LogP contribution in [0.3, 0.4) is 0 Å². The minimum atomic E-state index is -0.210. The maximum absolute atomic E-state index is 12.7. The maximum atomic E-state index is 12.7. The van der Waals surface area contributed by atoms with Crippen molar-refractivity contribution >= 4 is 17.3 Å². The number of para-hydroxylation sites is 1. The van der Waals surface area contributed by atoms with Crippen LogP contribution in [-0.2, 0) is 0 Å². The summed E-state index contributed by atoms with van der Waals surface area (Å²) in [5, 5.41) is 3.07. The minimum absolute atomic E-state index is 0.190. The van der Waals surface area contributed by atoms with E-state index in [0.29, 0.717) is 28.1 Å². The molecule has 1 aromatic heterocycles. The fourth-order valence-electron chi connectivity index (χ4n) is 2.82. The number of benzene rings is 2. The first-order valence-corrected chi connectivity index (χ1v) is 8.41. The predicted octanol–water partition coefficient (Wildman–Crippen LogP) is 3.86. The molecule has 0 fully saturated rings. The third kappa shape index (κ3) is 3.39. The van der Waals surface area contributed by atoms with E-state index in [9.17, 15) is 9.59 Å². The molecule has 1 aliphatic carbocycles. The largest absolute Gasteiger partial charge is 0.351 e. The minimum Gasteiger partial charge on any atom is -0.351 e. The summed E-state index contributed by atoms with van der Waals surface area (Å²) in [5.74, 6) is 5.67. The second kappa shape index (κ2) is 7.11. The molecule has 27 heavy (non-hydrogen) atoms. The van der Waals surface area contributed by atoms with Crippen LogP contribution in [0, 0.1) is 11.8 Å². The monoisotopic (exact) mass is 350 g/mol. The standard InChI is InChI=1S/C23H14N2O2/c26-22-15-21(23(27)19-10-3-2-9-18(19)22)25-20-11-4-1-7-16(20)12-13-17-8-5-6-14-24-17/h1-11,14-15,25H. The van der Waals surface area contributed by atoms with E-state index in [2.05, 4.69) is 22.1 Å². The highest BCUT2D eigenvalue weighted by atomic mass is 16.1. The zero-order valence-corrected chi connectivity index (χ0v) is 14.3. The summed E-state index contributed by atoms with van der Waals surface area (Å²) in [7, 11) is 0. The second-order valence-electron chi connectivity index (χ2n) is 5.93. The maximum Gasteiger partial charge on any atom is 0.210 e. The van der Waals surface area contributed by atoms with Crippen molar-refractivity contribution in [1.29, 1.82) is 0 Å². The fraction of sp³-hybridized carbons (Fsp3) is 0. The van der Waals surface area contributed by atoms with Crippen molar-refractivity contribution < 1.29 is 9.59 Å². The Kier molecular flexibility index (Phi) is 4.34. The Balaban J connectivity index is 1.66. The first-order valence-electron chi connectivity index (χ1n) is 8.41. The van der Waals surface area contributed by atoms with Crippen molar-refractivity contribution in [2.24, 2.45) is 0 Å². The average molecular weight is 350 g/mol. The molecule has 128 valence electrons. The SMILES string of the molecule is O=C1C=C(Nc2ccccc2C#Cc2ccccn2)C(=O)c2ccccc21. The Bertz CT molecular complexity index is 1140. The molecule has 4 nitrogen and oxygen atoms in total. The number of hydrogen-bond acceptors (Lipinski definition) is 4. The molecule has 0 atom stereocenters. The molecule has 0 unspecified atom stereocenters. The molecule has 0 radical (unpaired) electrons. The van der Waals surface area contributed by atoms with Crippen molar-refractivity contribution in [3.8, 4) is 11.8 Å². The topological polar surface area (TPSA) is 59.1 Å². The highest BCUT2D eigenvalue weighted by Crippen LogP contribution is 2.24. The summed E-state index contributed by atoms with van der Waals surface area (Å²) in [4.78, 5) is 29.2. The van der Waals surface area contributed by atoms with E-state index in [0.717, 1.165) is 0 Å². The molecule has 0 saturated heterocycles. The fourth-order valence-corrected chi connectivity index (χ4v) is 2.82. The molecule has 1 aliphatic rings. The number of nitrogens with one attached hydrogen (secondary N) is 1. The highest BCUT2D eigenvalue weighted by Gasteiger charge is 2.25. The first kappa shape index (κ1) is 16.5. The summed E-state index contributed by atoms with van der Waals surface area (Å²) < 4.78 is 0. The quantitative estimate of drug-likeness (QED) is 0.713. The highest BCUT2D eigenvalue weighted by molar-refractivity contribution is 6.25. The van der Waals surface area contributed by atoms with E-state index >= 15 is 0 Å². The summed E-state index contributed by atoms with van der Waals surface area (Å²) >= 11 is 0. The Morgan fingerprint density at radius 3 is 2.33 bits per heavy atom. The number of allylic oxidation sites excluding steroid dienone is 2. The number of fused-ring (bicyclic) bond motifs is 1. The van der Waals surface area contributed by atoms with Gasteiger partial charge >= 0.3 is 0 Å². The third-order valence-electron chi connectivity index (χ3n) is 4.14. The molecule has 0 aliphatic heterocycles. The number of nitrogens with zero attached hydrogens (tertiary/aromatic N) is 1. The van der Waals surface area contributed by atoms with E-state index in [1.807, 2.05) is 42.5 Å². The number of ketones is 2. The molecular formula is C23H14N2O2. The third-order valence-corrected chi connectivity index (χ3v) is 4.14. The number of carbonyl (C=O) groups is 2. The van der Waals surface area contributed by atoms with Gasteiger partial charge in [0.05, 0.1) is 11.4 Å². The first-order chi connectivity index (χ1) is 13.2. The number of carbonyl (C=O) groups excluding carboxylic acids is 2. The van der Waals surface area contributed by atoms with E-state index in [-0.39, 0.29) is 17.3 Å². The Morgan fingerprint density at radius 1 is 0.778 bits per heavy atom. The van der Waals surface area contributed by atoms with E-state index in [1.165, 1.54) is 6.08 Å². The molecule has 1 N–H and O–H groups in total. The summed E-state index contributed by atoms with van der Waals surface area (Å²) in [6, 6.07) is 19.7. The van der Waals surface area contributed by atoms with Crippen LogP contribution in [0.1, 0.15) is 32.0 Å². The van der Waals surface area contributed by atoms with Crippen molar-refractivity contribution in [3.63, 3.8) is 0 Å². The number of rotatable bonds is 2. The lowest BCUT2D eigenvalue weighted by Crippen LogP contribution is -2.21. The Labute approximate surface area is 156 Å². The molecule has 1 heterocycles. The van der Waals surface area contributed by atoms with Gasteiger partial charge in [-0.15, -0.1) is 0 Å². The van der Waals surface area contributed by atoms with Crippen molar-refractivity contribution in [2.75, 3.05) is 5.32 Å². The van der Waals surface area contributed by atoms with E-state index in [4.69, 9.17) is 0 Å². The summed E-state index contributed by atoms with van der Waals surface area (Å²) in [5.41, 5.74) is 3.10. The number of aromatic nitrogens is 1. The predicted molar refractivity (Wildman–Crippen MR) is 103 cm³/mol. The Hall–Kier alpha value is -3.97. The lowest BCUT2D eigenvalue weighted by molar-refractivity contribution is 0.0985. The molecule has 0 amide bonds. The number of pyridine rings is 1. The van der Waals surface area contributed by atoms with Crippen LogP contribution < -0.4 is 5.32 Å². The van der Waals surface area contributed by atoms with Crippen LogP contribution in [0.4, 0.5) is 5.69 Å². The molecular weight excluding hydrogens is 336 g/mol. The lowest BCUT2D eigenvalue weighted by Gasteiger charge is -2.17. The van der Waals surface area contributed by atoms with E-state index < -0.39 is 0 Å². The van der Waals surface area contributed by atoms with Crippen LogP contribution in [0.5, 0.6) is 0 Å². The Morgan fingerprint density at radius 2 is 1.52 bits per heavy atom. The van der Waals surface area contributed by atoms with Crippen LogP contribution in [0.15, 0.2) is 84.7 Å². The summed E-state index contributed by atoms with van der Waals surface area (Å²) in [6.45, 7) is 0. The van der Waals surface area contributed by atoms with Crippen molar-refractivity contribution in [3.05, 3.63) is 107 Å². The lowest BCUT2D eigenvalue weighted by atomic mass is 9.92. The van der Waals surface area contributed by atoms with Gasteiger partial charge in [0.15, 0.2) is 5.78 Å².